The normalized spacial score (nSPS) is 22.5. The van der Waals surface area contributed by atoms with Gasteiger partial charge in [-0.25, -0.2) is 0 Å². The molecule has 0 saturated carbocycles. The molecule has 21 heavy (non-hydrogen) atoms. The molecular weight excluding hydrogens is 284 g/mol. The number of carbonyl (C=O) groups excluding carboxylic acids is 2. The van der Waals surface area contributed by atoms with E-state index in [2.05, 4.69) is 6.07 Å². The summed E-state index contributed by atoms with van der Waals surface area (Å²) >= 11 is 1.65. The van der Waals surface area contributed by atoms with Gasteiger partial charge in [0.25, 0.3) is 5.91 Å². The zero-order valence-corrected chi connectivity index (χ0v) is 13.1. The fraction of sp³-hybridized carbons (Fsp3) is 0.625. The Labute approximate surface area is 129 Å². The molecule has 2 amide bonds. The number of amides is 2. The Hall–Kier alpha value is -1.36. The highest BCUT2D eigenvalue weighted by Gasteiger charge is 2.28. The first kappa shape index (κ1) is 14.6. The number of likely N-dealkylation sites (tertiary alicyclic amines) is 1. The molecule has 4 nitrogen and oxygen atoms in total. The van der Waals surface area contributed by atoms with Crippen LogP contribution in [-0.2, 0) is 17.6 Å². The predicted octanol–water partition coefficient (Wildman–Crippen LogP) is 2.35. The van der Waals surface area contributed by atoms with Crippen LogP contribution in [0.3, 0.4) is 0 Å². The maximum absolute atomic E-state index is 12.7. The Morgan fingerprint density at radius 3 is 2.81 bits per heavy atom. The largest absolute Gasteiger partial charge is 0.369 e. The van der Waals surface area contributed by atoms with Gasteiger partial charge in [-0.1, -0.05) is 6.42 Å². The second-order valence-corrected chi connectivity index (χ2v) is 7.25. The fourth-order valence-electron chi connectivity index (χ4n) is 3.32. The van der Waals surface area contributed by atoms with E-state index >= 15 is 0 Å². The van der Waals surface area contributed by atoms with E-state index in [9.17, 15) is 9.59 Å². The monoisotopic (exact) mass is 306 g/mol. The van der Waals surface area contributed by atoms with Crippen LogP contribution in [-0.4, -0.2) is 29.8 Å². The van der Waals surface area contributed by atoms with Crippen LogP contribution in [0.5, 0.6) is 0 Å². The van der Waals surface area contributed by atoms with Crippen molar-refractivity contribution < 1.29 is 9.59 Å². The predicted molar refractivity (Wildman–Crippen MR) is 83.4 cm³/mol. The van der Waals surface area contributed by atoms with Gasteiger partial charge in [0.05, 0.1) is 10.8 Å². The molecule has 5 heteroatoms. The Morgan fingerprint density at radius 1 is 1.19 bits per heavy atom. The summed E-state index contributed by atoms with van der Waals surface area (Å²) in [6.07, 6.45) is 7.63. The van der Waals surface area contributed by atoms with Crippen LogP contribution in [0.15, 0.2) is 6.07 Å². The third-order valence-electron chi connectivity index (χ3n) is 4.57. The molecule has 1 aliphatic heterocycles. The molecule has 114 valence electrons. The molecule has 1 atom stereocenters. The molecular formula is C16H22N2O2S. The number of nitrogens with two attached hydrogens (primary N) is 1. The minimum absolute atomic E-state index is 0.0824. The summed E-state index contributed by atoms with van der Waals surface area (Å²) < 4.78 is 0. The van der Waals surface area contributed by atoms with Gasteiger partial charge in [0.15, 0.2) is 0 Å². The van der Waals surface area contributed by atoms with Gasteiger partial charge < -0.3 is 10.6 Å². The van der Waals surface area contributed by atoms with Crippen molar-refractivity contribution in [1.29, 1.82) is 0 Å². The van der Waals surface area contributed by atoms with Crippen molar-refractivity contribution in [1.82, 2.24) is 4.90 Å². The molecule has 1 fully saturated rings. The highest BCUT2D eigenvalue weighted by molar-refractivity contribution is 7.14. The number of aryl methyl sites for hydroxylation is 2. The highest BCUT2D eigenvalue weighted by Crippen LogP contribution is 2.30. The molecule has 2 aliphatic rings. The van der Waals surface area contributed by atoms with Crippen molar-refractivity contribution in [3.8, 4) is 0 Å². The first-order chi connectivity index (χ1) is 10.1. The molecule has 0 unspecified atom stereocenters. The van der Waals surface area contributed by atoms with Crippen molar-refractivity contribution in [2.45, 2.75) is 44.9 Å². The van der Waals surface area contributed by atoms with Gasteiger partial charge in [0.1, 0.15) is 0 Å². The lowest BCUT2D eigenvalue weighted by molar-refractivity contribution is -0.123. The van der Waals surface area contributed by atoms with E-state index in [1.165, 1.54) is 29.7 Å². The van der Waals surface area contributed by atoms with Crippen LogP contribution in [0.4, 0.5) is 0 Å². The second-order valence-electron chi connectivity index (χ2n) is 6.11. The lowest BCUT2D eigenvalue weighted by atomic mass is 9.97. The van der Waals surface area contributed by atoms with Crippen molar-refractivity contribution in [2.24, 2.45) is 11.7 Å². The molecule has 1 aromatic rings. The van der Waals surface area contributed by atoms with Gasteiger partial charge in [-0.15, -0.1) is 11.3 Å². The first-order valence-electron chi connectivity index (χ1n) is 7.85. The van der Waals surface area contributed by atoms with E-state index in [0.717, 1.165) is 37.1 Å². The Kier molecular flexibility index (Phi) is 4.29. The Balaban J connectivity index is 1.74. The molecule has 0 aromatic carbocycles. The number of primary amides is 1. The molecule has 1 aromatic heterocycles. The van der Waals surface area contributed by atoms with Gasteiger partial charge >= 0.3 is 0 Å². The van der Waals surface area contributed by atoms with Crippen LogP contribution in [0.1, 0.15) is 52.2 Å². The van der Waals surface area contributed by atoms with Crippen molar-refractivity contribution in [2.75, 3.05) is 13.1 Å². The smallest absolute Gasteiger partial charge is 0.263 e. The van der Waals surface area contributed by atoms with Gasteiger partial charge in [-0.3, -0.25) is 9.59 Å². The summed E-state index contributed by atoms with van der Waals surface area (Å²) in [5.74, 6) is -0.381. The van der Waals surface area contributed by atoms with E-state index in [0.29, 0.717) is 6.54 Å². The lowest BCUT2D eigenvalue weighted by Crippen LogP contribution is -2.43. The van der Waals surface area contributed by atoms with Gasteiger partial charge in [0.2, 0.25) is 5.91 Å². The zero-order chi connectivity index (χ0) is 14.8. The maximum atomic E-state index is 12.7. The lowest BCUT2D eigenvalue weighted by Gasteiger charge is -2.30. The minimum atomic E-state index is -0.283. The van der Waals surface area contributed by atoms with Crippen molar-refractivity contribution >= 4 is 23.2 Å². The Morgan fingerprint density at radius 2 is 2.00 bits per heavy atom. The van der Waals surface area contributed by atoms with Crippen LogP contribution >= 0.6 is 11.3 Å². The number of piperidine rings is 1. The molecule has 0 radical (unpaired) electrons. The second kappa shape index (κ2) is 6.18. The summed E-state index contributed by atoms with van der Waals surface area (Å²) in [6, 6.07) is 2.08. The summed E-state index contributed by atoms with van der Waals surface area (Å²) in [5, 5.41) is 0. The van der Waals surface area contributed by atoms with Gasteiger partial charge in [0, 0.05) is 18.0 Å². The van der Waals surface area contributed by atoms with Crippen LogP contribution in [0.2, 0.25) is 0 Å². The third-order valence-corrected chi connectivity index (χ3v) is 5.79. The quantitative estimate of drug-likeness (QED) is 0.853. The minimum Gasteiger partial charge on any atom is -0.369 e. The average Bonchev–Trinajstić information content (AvgIpc) is 2.77. The van der Waals surface area contributed by atoms with Gasteiger partial charge in [-0.05, 0) is 50.2 Å². The van der Waals surface area contributed by atoms with Crippen molar-refractivity contribution in [3.63, 3.8) is 0 Å². The third kappa shape index (κ3) is 3.12. The van der Waals surface area contributed by atoms with E-state index < -0.39 is 0 Å². The highest BCUT2D eigenvalue weighted by atomic mass is 32.1. The molecule has 2 N–H and O–H groups in total. The average molecular weight is 306 g/mol. The molecule has 2 heterocycles. The van der Waals surface area contributed by atoms with E-state index in [4.69, 9.17) is 5.73 Å². The molecule has 0 spiro atoms. The summed E-state index contributed by atoms with van der Waals surface area (Å²) in [5.41, 5.74) is 6.76. The van der Waals surface area contributed by atoms with Crippen LogP contribution < -0.4 is 5.73 Å². The van der Waals surface area contributed by atoms with Crippen LogP contribution in [0, 0.1) is 5.92 Å². The number of rotatable bonds is 2. The number of hydrogen-bond acceptors (Lipinski definition) is 3. The SMILES string of the molecule is NC(=O)[C@H]1CCCN(C(=O)c2cc3c(s2)CCCCC3)C1. The standard InChI is InChI=1S/C16H22N2O2S/c17-15(19)12-6-4-8-18(10-12)16(20)14-9-11-5-2-1-3-7-13(11)21-14/h9,12H,1-8,10H2,(H2,17,19)/t12-/m0/s1. The van der Waals surface area contributed by atoms with E-state index in [-0.39, 0.29) is 17.7 Å². The number of hydrogen-bond donors (Lipinski definition) is 1. The van der Waals surface area contributed by atoms with Crippen LogP contribution in [0.25, 0.3) is 0 Å². The van der Waals surface area contributed by atoms with Gasteiger partial charge in [-0.2, -0.15) is 0 Å². The van der Waals surface area contributed by atoms with E-state index in [1.807, 2.05) is 4.90 Å². The summed E-state index contributed by atoms with van der Waals surface area (Å²) in [4.78, 5) is 28.0. The number of thiophene rings is 1. The maximum Gasteiger partial charge on any atom is 0.263 e. The topological polar surface area (TPSA) is 63.4 Å². The summed E-state index contributed by atoms with van der Waals surface area (Å²) in [7, 11) is 0. The molecule has 3 rings (SSSR count). The number of carbonyl (C=O) groups is 2. The number of nitrogens with zero attached hydrogens (tertiary/aromatic N) is 1. The molecule has 0 bridgehead atoms. The molecule has 1 aliphatic carbocycles. The number of fused-ring (bicyclic) bond motifs is 1. The van der Waals surface area contributed by atoms with E-state index in [1.54, 1.807) is 11.3 Å². The first-order valence-corrected chi connectivity index (χ1v) is 8.67. The molecule has 1 saturated heterocycles. The summed E-state index contributed by atoms with van der Waals surface area (Å²) in [6.45, 7) is 1.22. The zero-order valence-electron chi connectivity index (χ0n) is 12.3. The Bertz CT molecular complexity index is 529. The van der Waals surface area contributed by atoms with Crippen molar-refractivity contribution in [3.05, 3.63) is 21.4 Å². The fourth-order valence-corrected chi connectivity index (χ4v) is 4.54.